The van der Waals surface area contributed by atoms with Crippen molar-refractivity contribution in [3.63, 3.8) is 0 Å². The molecule has 4 aromatic carbocycles. The lowest BCUT2D eigenvalue weighted by atomic mass is 9.71. The Hall–Kier alpha value is -5.38. The number of rotatable bonds is 7. The Morgan fingerprint density at radius 3 is 2.02 bits per heavy atom. The van der Waals surface area contributed by atoms with E-state index in [2.05, 4.69) is 21.2 Å². The van der Waals surface area contributed by atoms with Gasteiger partial charge >= 0.3 is 0 Å². The highest BCUT2D eigenvalue weighted by Gasteiger charge is 2.57. The quantitative estimate of drug-likeness (QED) is 0.211. The van der Waals surface area contributed by atoms with Gasteiger partial charge in [-0.15, -0.1) is 0 Å². The van der Waals surface area contributed by atoms with E-state index < -0.39 is 30.1 Å². The average molecular weight is 695 g/mol. The number of amides is 1. The van der Waals surface area contributed by atoms with Gasteiger partial charge in [0, 0.05) is 52.0 Å². The summed E-state index contributed by atoms with van der Waals surface area (Å²) in [6.45, 7) is 3.62. The minimum absolute atomic E-state index is 0.0132. The SMILES string of the molecule is COc1c(C)c(OC)c2c(c1O)[C@@H]1[C@@H]3Cc4c(OC)c(C)c(OC)c(O)c4[C@H](CNC(=O)c4c(O)ccc5ccccc45)N3C(C#N)[C@H](C2)N1C. The molecule has 1 fully saturated rings. The summed E-state index contributed by atoms with van der Waals surface area (Å²) < 4.78 is 23.3. The minimum Gasteiger partial charge on any atom is -0.507 e. The van der Waals surface area contributed by atoms with Crippen LogP contribution in [0.25, 0.3) is 10.8 Å². The molecule has 1 saturated heterocycles. The van der Waals surface area contributed by atoms with E-state index >= 15 is 0 Å². The molecule has 12 nitrogen and oxygen atoms in total. The number of carbonyl (C=O) groups excluding carboxylic acids is 1. The molecule has 0 saturated carbocycles. The number of hydrogen-bond acceptors (Lipinski definition) is 11. The summed E-state index contributed by atoms with van der Waals surface area (Å²) in [6.07, 6.45) is 0.733. The van der Waals surface area contributed by atoms with Crippen molar-refractivity contribution >= 4 is 16.7 Å². The summed E-state index contributed by atoms with van der Waals surface area (Å²) in [5.41, 5.74) is 4.08. The van der Waals surface area contributed by atoms with Gasteiger partial charge in [0.15, 0.2) is 23.0 Å². The van der Waals surface area contributed by atoms with E-state index in [-0.39, 0.29) is 41.1 Å². The predicted molar refractivity (Wildman–Crippen MR) is 189 cm³/mol. The number of benzene rings is 4. The van der Waals surface area contributed by atoms with Gasteiger partial charge in [0.2, 0.25) is 0 Å². The van der Waals surface area contributed by atoms with Crippen LogP contribution in [0.1, 0.15) is 55.8 Å². The number of fused-ring (bicyclic) bond motifs is 8. The van der Waals surface area contributed by atoms with Crippen LogP contribution in [0.2, 0.25) is 0 Å². The fourth-order valence-electron chi connectivity index (χ4n) is 9.19. The standard InChI is InChI=1S/C39H42N4O8/c1-18-35(48-4)22-15-25-32-31-23(36(49-5)19(2)38(51-7)34(31)46)14-24(42(32)3)26(16-40)43(25)27(29(22)33(45)37(18)50-6)17-41-39(47)30-21-11-9-8-10-20(21)12-13-28(30)44/h8-13,24-27,32,44-46H,14-15,17H2,1-7H3,(H,41,47)/t24-,25-,26?,27-,32-/m0/s1. The summed E-state index contributed by atoms with van der Waals surface area (Å²) in [5, 5.41) is 50.0. The molecule has 3 aliphatic rings. The molecule has 3 heterocycles. The summed E-state index contributed by atoms with van der Waals surface area (Å²) >= 11 is 0. The molecule has 0 spiro atoms. The molecule has 266 valence electrons. The second-order valence-electron chi connectivity index (χ2n) is 13.4. The molecule has 5 atom stereocenters. The lowest BCUT2D eigenvalue weighted by Crippen LogP contribution is -2.68. The molecule has 12 heteroatoms. The van der Waals surface area contributed by atoms with Crippen LogP contribution in [0.4, 0.5) is 0 Å². The molecule has 0 aromatic heterocycles. The van der Waals surface area contributed by atoms with Gasteiger partial charge in [-0.1, -0.05) is 30.3 Å². The monoisotopic (exact) mass is 694 g/mol. The number of hydrogen-bond donors (Lipinski definition) is 4. The van der Waals surface area contributed by atoms with Gasteiger partial charge in [-0.3, -0.25) is 14.6 Å². The second-order valence-corrected chi connectivity index (χ2v) is 13.4. The maximum absolute atomic E-state index is 14.0. The highest BCUT2D eigenvalue weighted by molar-refractivity contribution is 6.09. The Bertz CT molecular complexity index is 2130. The van der Waals surface area contributed by atoms with E-state index in [1.165, 1.54) is 20.3 Å². The first kappa shape index (κ1) is 34.1. The van der Waals surface area contributed by atoms with Crippen LogP contribution < -0.4 is 24.3 Å². The molecule has 1 unspecified atom stereocenters. The zero-order chi connectivity index (χ0) is 36.5. The zero-order valence-corrected chi connectivity index (χ0v) is 29.7. The molecule has 0 aliphatic carbocycles. The van der Waals surface area contributed by atoms with Gasteiger partial charge in [-0.25, -0.2) is 0 Å². The van der Waals surface area contributed by atoms with E-state index in [9.17, 15) is 25.4 Å². The number of nitrogens with zero attached hydrogens (tertiary/aromatic N) is 3. The van der Waals surface area contributed by atoms with Crippen molar-refractivity contribution in [2.45, 2.75) is 56.9 Å². The third-order valence-corrected chi connectivity index (χ3v) is 11.3. The third-order valence-electron chi connectivity index (χ3n) is 11.3. The largest absolute Gasteiger partial charge is 0.507 e. The normalized spacial score (nSPS) is 22.3. The lowest BCUT2D eigenvalue weighted by Gasteiger charge is -2.60. The van der Waals surface area contributed by atoms with Crippen molar-refractivity contribution in [3.05, 3.63) is 75.3 Å². The van der Waals surface area contributed by atoms with Crippen molar-refractivity contribution in [1.29, 1.82) is 5.26 Å². The van der Waals surface area contributed by atoms with E-state index in [4.69, 9.17) is 18.9 Å². The predicted octanol–water partition coefficient (Wildman–Crippen LogP) is 4.81. The fourth-order valence-corrected chi connectivity index (χ4v) is 9.19. The van der Waals surface area contributed by atoms with Crippen LogP contribution in [-0.2, 0) is 12.8 Å². The smallest absolute Gasteiger partial charge is 0.255 e. The van der Waals surface area contributed by atoms with Crippen LogP contribution in [-0.4, -0.2) is 91.2 Å². The number of carbonyl (C=O) groups is 1. The fraction of sp³-hybridized carbons (Fsp3) is 0.385. The van der Waals surface area contributed by atoms with E-state index in [0.29, 0.717) is 63.3 Å². The summed E-state index contributed by atoms with van der Waals surface area (Å²) in [5.74, 6) is 0.941. The molecule has 1 amide bonds. The lowest BCUT2D eigenvalue weighted by molar-refractivity contribution is -0.0724. The van der Waals surface area contributed by atoms with Crippen LogP contribution in [0.15, 0.2) is 36.4 Å². The molecule has 7 rings (SSSR count). The number of likely N-dealkylation sites (N-methyl/N-ethyl adjacent to an activating group) is 1. The molecule has 4 N–H and O–H groups in total. The number of nitrogens with one attached hydrogen (secondary N) is 1. The number of methoxy groups -OCH3 is 4. The maximum atomic E-state index is 14.0. The molecule has 4 aromatic rings. The number of nitriles is 1. The molecule has 2 bridgehead atoms. The highest BCUT2D eigenvalue weighted by Crippen LogP contribution is 2.58. The van der Waals surface area contributed by atoms with Gasteiger partial charge in [0.25, 0.3) is 5.91 Å². The Balaban J connectivity index is 1.43. The summed E-state index contributed by atoms with van der Waals surface area (Å²) in [7, 11) is 8.10. The number of phenolic OH excluding ortho intramolecular Hbond substituents is 3. The van der Waals surface area contributed by atoms with Gasteiger partial charge in [0.1, 0.15) is 23.3 Å². The van der Waals surface area contributed by atoms with Crippen LogP contribution in [0.3, 0.4) is 0 Å². The van der Waals surface area contributed by atoms with Gasteiger partial charge in [-0.05, 0) is 50.6 Å². The van der Waals surface area contributed by atoms with Gasteiger partial charge in [0.05, 0.1) is 52.2 Å². The second kappa shape index (κ2) is 12.7. The molecular formula is C39H42N4O8. The number of phenols is 3. The van der Waals surface area contributed by atoms with Crippen molar-refractivity contribution in [1.82, 2.24) is 15.1 Å². The average Bonchev–Trinajstić information content (AvgIpc) is 3.11. The molecule has 3 aliphatic heterocycles. The Morgan fingerprint density at radius 1 is 0.843 bits per heavy atom. The van der Waals surface area contributed by atoms with Crippen molar-refractivity contribution in [3.8, 4) is 46.3 Å². The Kier molecular flexibility index (Phi) is 8.52. The van der Waals surface area contributed by atoms with Crippen molar-refractivity contribution in [2.75, 3.05) is 42.0 Å². The van der Waals surface area contributed by atoms with Gasteiger partial charge in [-0.2, -0.15) is 5.26 Å². The van der Waals surface area contributed by atoms with Gasteiger partial charge < -0.3 is 39.6 Å². The number of ether oxygens (including phenoxy) is 4. The number of aromatic hydroxyl groups is 3. The van der Waals surface area contributed by atoms with Crippen molar-refractivity contribution in [2.24, 2.45) is 0 Å². The van der Waals surface area contributed by atoms with Crippen LogP contribution in [0.5, 0.6) is 40.2 Å². The first-order chi connectivity index (χ1) is 24.5. The molecule has 51 heavy (non-hydrogen) atoms. The molecule has 0 radical (unpaired) electrons. The Morgan fingerprint density at radius 2 is 1.41 bits per heavy atom. The van der Waals surface area contributed by atoms with E-state index in [1.54, 1.807) is 32.4 Å². The maximum Gasteiger partial charge on any atom is 0.255 e. The first-order valence-corrected chi connectivity index (χ1v) is 16.8. The molecular weight excluding hydrogens is 652 g/mol. The van der Waals surface area contributed by atoms with Crippen LogP contribution in [0, 0.1) is 25.2 Å². The summed E-state index contributed by atoms with van der Waals surface area (Å²) in [6, 6.07) is 10.4. The first-order valence-electron chi connectivity index (χ1n) is 16.8. The summed E-state index contributed by atoms with van der Waals surface area (Å²) in [4.78, 5) is 18.2. The Labute approximate surface area is 296 Å². The van der Waals surface area contributed by atoms with E-state index in [1.807, 2.05) is 33.0 Å². The van der Waals surface area contributed by atoms with Crippen LogP contribution >= 0.6 is 0 Å². The topological polar surface area (TPSA) is 157 Å². The zero-order valence-electron chi connectivity index (χ0n) is 29.7. The third kappa shape index (κ3) is 4.82. The van der Waals surface area contributed by atoms with E-state index in [0.717, 1.165) is 10.9 Å². The minimum atomic E-state index is -0.746. The highest BCUT2D eigenvalue weighted by atomic mass is 16.5. The number of piperazine rings is 1. The van der Waals surface area contributed by atoms with Crippen molar-refractivity contribution < 1.29 is 39.1 Å².